The second-order valence-corrected chi connectivity index (χ2v) is 12.6. The van der Waals surface area contributed by atoms with E-state index in [9.17, 15) is 9.59 Å². The predicted octanol–water partition coefficient (Wildman–Crippen LogP) is 4.24. The van der Waals surface area contributed by atoms with Crippen molar-refractivity contribution in [1.82, 2.24) is 4.68 Å². The Hall–Kier alpha value is -4.06. The zero-order valence-electron chi connectivity index (χ0n) is 26.2. The second-order valence-electron chi connectivity index (χ2n) is 12.2. The summed E-state index contributed by atoms with van der Waals surface area (Å²) in [6.07, 6.45) is 2.32. The van der Waals surface area contributed by atoms with Crippen LogP contribution in [0.5, 0.6) is 5.75 Å². The van der Waals surface area contributed by atoms with Gasteiger partial charge < -0.3 is 35.5 Å². The molecule has 2 aliphatic heterocycles. The SMILES string of the molecule is COc1cc(N2C=Nn3cc(-c4ccc(Cl)cc4)cc3C2)ccc1N1C[C@H](OC(=O)[C@@H](N)C(C)C)[C@H](OC(=O)[C@@H](N)C(C)C)C1. The van der Waals surface area contributed by atoms with Gasteiger partial charge in [0.2, 0.25) is 0 Å². The number of carbonyl (C=O) groups is 2. The van der Waals surface area contributed by atoms with Crippen LogP contribution >= 0.6 is 11.6 Å². The Balaban J connectivity index is 1.34. The van der Waals surface area contributed by atoms with E-state index in [-0.39, 0.29) is 24.9 Å². The fourth-order valence-electron chi connectivity index (χ4n) is 5.29. The Morgan fingerprint density at radius 2 is 1.49 bits per heavy atom. The largest absolute Gasteiger partial charge is 0.495 e. The first-order chi connectivity index (χ1) is 21.4. The van der Waals surface area contributed by atoms with Gasteiger partial charge >= 0.3 is 11.9 Å². The normalized spacial score (nSPS) is 19.1. The van der Waals surface area contributed by atoms with Crippen molar-refractivity contribution in [3.8, 4) is 16.9 Å². The molecular weight excluding hydrogens is 596 g/mol. The summed E-state index contributed by atoms with van der Waals surface area (Å²) in [5, 5.41) is 5.31. The van der Waals surface area contributed by atoms with Gasteiger partial charge in [0.15, 0.2) is 12.2 Å². The summed E-state index contributed by atoms with van der Waals surface area (Å²) in [4.78, 5) is 29.6. The number of esters is 2. The number of hydrogen-bond donors (Lipinski definition) is 2. The first kappa shape index (κ1) is 32.3. The van der Waals surface area contributed by atoms with Crippen LogP contribution in [0.4, 0.5) is 11.4 Å². The minimum Gasteiger partial charge on any atom is -0.495 e. The maximum absolute atomic E-state index is 12.8. The summed E-state index contributed by atoms with van der Waals surface area (Å²) in [5.41, 5.74) is 16.9. The average Bonchev–Trinajstić information content (AvgIpc) is 3.63. The number of carbonyl (C=O) groups excluding carboxylic acids is 2. The van der Waals surface area contributed by atoms with Gasteiger partial charge in [0.25, 0.3) is 0 Å². The van der Waals surface area contributed by atoms with Gasteiger partial charge in [-0.2, -0.15) is 5.10 Å². The first-order valence-corrected chi connectivity index (χ1v) is 15.5. The van der Waals surface area contributed by atoms with E-state index in [4.69, 9.17) is 37.3 Å². The summed E-state index contributed by atoms with van der Waals surface area (Å²) in [5.74, 6) is -0.687. The molecule has 240 valence electrons. The van der Waals surface area contributed by atoms with Crippen molar-refractivity contribution in [1.29, 1.82) is 0 Å². The van der Waals surface area contributed by atoms with E-state index in [1.54, 1.807) is 13.4 Å². The van der Waals surface area contributed by atoms with Crippen LogP contribution in [0.3, 0.4) is 0 Å². The van der Waals surface area contributed by atoms with E-state index in [0.29, 0.717) is 17.3 Å². The summed E-state index contributed by atoms with van der Waals surface area (Å²) in [6, 6.07) is 14.1. The number of benzene rings is 2. The highest BCUT2D eigenvalue weighted by molar-refractivity contribution is 6.30. The smallest absolute Gasteiger partial charge is 0.323 e. The number of fused-ring (bicyclic) bond motifs is 1. The van der Waals surface area contributed by atoms with E-state index in [1.807, 2.05) is 90.8 Å². The van der Waals surface area contributed by atoms with Gasteiger partial charge in [0.1, 0.15) is 24.2 Å². The van der Waals surface area contributed by atoms with Crippen molar-refractivity contribution in [2.24, 2.45) is 28.4 Å². The van der Waals surface area contributed by atoms with Gasteiger partial charge in [-0.1, -0.05) is 51.4 Å². The molecule has 0 aliphatic carbocycles. The zero-order valence-corrected chi connectivity index (χ0v) is 27.0. The number of rotatable bonds is 10. The van der Waals surface area contributed by atoms with Gasteiger partial charge in [-0.15, -0.1) is 0 Å². The van der Waals surface area contributed by atoms with Gasteiger partial charge in [0.05, 0.1) is 38.1 Å². The predicted molar refractivity (Wildman–Crippen MR) is 176 cm³/mol. The highest BCUT2D eigenvalue weighted by atomic mass is 35.5. The molecule has 3 aromatic rings. The highest BCUT2D eigenvalue weighted by Crippen LogP contribution is 2.37. The van der Waals surface area contributed by atoms with Gasteiger partial charge in [-0.05, 0) is 47.7 Å². The molecule has 0 bridgehead atoms. The van der Waals surface area contributed by atoms with Crippen molar-refractivity contribution in [3.63, 3.8) is 0 Å². The van der Waals surface area contributed by atoms with Crippen LogP contribution in [0, 0.1) is 11.8 Å². The molecule has 1 saturated heterocycles. The standard InChI is InChI=1S/C33H41ClN6O5/c1-19(2)30(35)32(41)44-28-16-38(17-29(28)45-33(42)31(36)20(3)4)26-11-10-24(13-27(26)43-5)39-15-25-12-22(14-40(25)37-18-39)21-6-8-23(34)9-7-21/h6-14,18-20,28-31H,15-17,35-36H2,1-5H3/t28-,29+,30-,31-/m0/s1. The number of nitrogens with zero attached hydrogens (tertiary/aromatic N) is 4. The molecule has 2 aliphatic rings. The summed E-state index contributed by atoms with van der Waals surface area (Å²) in [6.45, 7) is 8.57. The lowest BCUT2D eigenvalue weighted by Gasteiger charge is -2.26. The lowest BCUT2D eigenvalue weighted by molar-refractivity contribution is -0.166. The number of ether oxygens (including phenoxy) is 3. The Kier molecular flexibility index (Phi) is 9.71. The number of halogens is 1. The quantitative estimate of drug-likeness (QED) is 0.313. The van der Waals surface area contributed by atoms with Crippen LogP contribution in [0.2, 0.25) is 5.02 Å². The molecule has 12 heteroatoms. The van der Waals surface area contributed by atoms with E-state index in [0.717, 1.165) is 28.2 Å². The molecule has 0 spiro atoms. The molecular formula is C33H41ClN6O5. The number of aromatic nitrogens is 1. The molecule has 3 heterocycles. The van der Waals surface area contributed by atoms with Gasteiger partial charge in [0, 0.05) is 28.5 Å². The number of hydrogen-bond acceptors (Lipinski definition) is 10. The van der Waals surface area contributed by atoms with Crippen molar-refractivity contribution in [3.05, 3.63) is 65.4 Å². The Morgan fingerprint density at radius 3 is 2.04 bits per heavy atom. The van der Waals surface area contributed by atoms with Crippen LogP contribution in [-0.4, -0.2) is 67.4 Å². The third-order valence-corrected chi connectivity index (χ3v) is 8.52. The molecule has 5 rings (SSSR count). The van der Waals surface area contributed by atoms with Crippen LogP contribution < -0.4 is 26.0 Å². The van der Waals surface area contributed by atoms with Crippen molar-refractivity contribution < 1.29 is 23.8 Å². The lowest BCUT2D eigenvalue weighted by Crippen LogP contribution is -2.45. The Labute approximate surface area is 268 Å². The molecule has 0 amide bonds. The van der Waals surface area contributed by atoms with Gasteiger partial charge in [-0.25, -0.2) is 4.68 Å². The molecule has 0 radical (unpaired) electrons. The van der Waals surface area contributed by atoms with E-state index in [1.165, 1.54) is 0 Å². The average molecular weight is 637 g/mol. The summed E-state index contributed by atoms with van der Waals surface area (Å²) in [7, 11) is 1.60. The van der Waals surface area contributed by atoms with Crippen LogP contribution in [0.25, 0.3) is 11.1 Å². The Bertz CT molecular complexity index is 1520. The molecule has 4 atom stereocenters. The van der Waals surface area contributed by atoms with Crippen molar-refractivity contribution in [2.75, 3.05) is 30.0 Å². The number of methoxy groups -OCH3 is 1. The fourth-order valence-corrected chi connectivity index (χ4v) is 5.41. The van der Waals surface area contributed by atoms with Crippen molar-refractivity contribution in [2.45, 2.75) is 58.5 Å². The van der Waals surface area contributed by atoms with Crippen LogP contribution in [0.15, 0.2) is 59.8 Å². The fraction of sp³-hybridized carbons (Fsp3) is 0.424. The third-order valence-electron chi connectivity index (χ3n) is 8.27. The topological polar surface area (TPSA) is 138 Å². The zero-order chi connectivity index (χ0) is 32.4. The molecule has 1 fully saturated rings. The van der Waals surface area contributed by atoms with Crippen molar-refractivity contribution >= 4 is 41.3 Å². The molecule has 1 aromatic heterocycles. The van der Waals surface area contributed by atoms with E-state index < -0.39 is 36.2 Å². The lowest BCUT2D eigenvalue weighted by atomic mass is 10.1. The molecule has 11 nitrogen and oxygen atoms in total. The molecule has 0 unspecified atom stereocenters. The van der Waals surface area contributed by atoms with E-state index >= 15 is 0 Å². The number of nitrogens with two attached hydrogens (primary N) is 2. The minimum absolute atomic E-state index is 0.108. The van der Waals surface area contributed by atoms with Crippen LogP contribution in [-0.2, 0) is 25.6 Å². The number of anilines is 2. The molecule has 2 aromatic carbocycles. The van der Waals surface area contributed by atoms with Gasteiger partial charge in [-0.3, -0.25) is 9.59 Å². The van der Waals surface area contributed by atoms with Crippen LogP contribution in [0.1, 0.15) is 33.4 Å². The maximum atomic E-state index is 12.8. The summed E-state index contributed by atoms with van der Waals surface area (Å²) < 4.78 is 19.3. The highest BCUT2D eigenvalue weighted by Gasteiger charge is 2.41. The molecule has 0 saturated carbocycles. The summed E-state index contributed by atoms with van der Waals surface area (Å²) >= 11 is 6.06. The third kappa shape index (κ3) is 7.11. The second kappa shape index (κ2) is 13.5. The monoisotopic (exact) mass is 636 g/mol. The van der Waals surface area contributed by atoms with E-state index in [2.05, 4.69) is 11.2 Å². The first-order valence-electron chi connectivity index (χ1n) is 15.1. The molecule has 45 heavy (non-hydrogen) atoms. The molecule has 4 N–H and O–H groups in total. The maximum Gasteiger partial charge on any atom is 0.323 e. The minimum atomic E-state index is -0.795. The Morgan fingerprint density at radius 1 is 0.889 bits per heavy atom.